The molecule has 158 valence electrons. The summed E-state index contributed by atoms with van der Waals surface area (Å²) < 4.78 is 0. The van der Waals surface area contributed by atoms with Gasteiger partial charge in [-0.15, -0.1) is 0 Å². The first-order chi connectivity index (χ1) is 13.5. The van der Waals surface area contributed by atoms with Gasteiger partial charge in [0.1, 0.15) is 0 Å². The predicted molar refractivity (Wildman–Crippen MR) is 116 cm³/mol. The summed E-state index contributed by atoms with van der Waals surface area (Å²) in [6.07, 6.45) is 14.9. The molecule has 1 rings (SSSR count). The van der Waals surface area contributed by atoms with E-state index >= 15 is 0 Å². The van der Waals surface area contributed by atoms with Gasteiger partial charge in [-0.3, -0.25) is 0 Å². The van der Waals surface area contributed by atoms with Crippen LogP contribution in [-0.4, -0.2) is 34.6 Å². The minimum atomic E-state index is -1.01. The molecule has 1 aromatic heterocycles. The van der Waals surface area contributed by atoms with Crippen molar-refractivity contribution in [1.29, 1.82) is 0 Å². The van der Waals surface area contributed by atoms with E-state index in [1.807, 2.05) is 12.1 Å². The summed E-state index contributed by atoms with van der Waals surface area (Å²) >= 11 is 0. The zero-order valence-corrected chi connectivity index (χ0v) is 17.1. The van der Waals surface area contributed by atoms with E-state index < -0.39 is 5.97 Å². The highest BCUT2D eigenvalue weighted by Crippen LogP contribution is 2.27. The van der Waals surface area contributed by atoms with Gasteiger partial charge in [-0.25, -0.2) is 9.79 Å². The van der Waals surface area contributed by atoms with Gasteiger partial charge in [-0.2, -0.15) is 0 Å². The van der Waals surface area contributed by atoms with E-state index in [0.717, 1.165) is 25.1 Å². The molecule has 0 aliphatic rings. The number of aliphatic imine (C=N–C) groups is 1. The number of aromatic amines is 1. The summed E-state index contributed by atoms with van der Waals surface area (Å²) in [5.41, 5.74) is 11.5. The van der Waals surface area contributed by atoms with Gasteiger partial charge in [0.15, 0.2) is 5.96 Å². The highest BCUT2D eigenvalue weighted by atomic mass is 16.4. The minimum Gasteiger partial charge on any atom is -0.478 e. The van der Waals surface area contributed by atoms with Crippen LogP contribution in [0.15, 0.2) is 35.0 Å². The Bertz CT molecular complexity index is 592. The number of carboxylic acids is 1. The summed E-state index contributed by atoms with van der Waals surface area (Å²) in [5.74, 6) is -0.348. The van der Waals surface area contributed by atoms with Gasteiger partial charge in [-0.1, -0.05) is 88.9 Å². The van der Waals surface area contributed by atoms with Crippen molar-refractivity contribution in [3.8, 4) is 0 Å². The quantitative estimate of drug-likeness (QED) is 0.142. The van der Waals surface area contributed by atoms with Gasteiger partial charge in [-0.05, 0) is 18.0 Å². The Hall–Kier alpha value is -2.44. The molecule has 0 aromatic carbocycles. The van der Waals surface area contributed by atoms with Crippen LogP contribution in [0.1, 0.15) is 71.1 Å². The van der Waals surface area contributed by atoms with Gasteiger partial charge < -0.3 is 26.9 Å². The number of hydrogen-bond donors (Lipinski definition) is 4. The van der Waals surface area contributed by atoms with Crippen LogP contribution in [-0.2, 0) is 4.79 Å². The molecule has 28 heavy (non-hydrogen) atoms. The fraction of sp³-hybridized carbons (Fsp3) is 0.619. The van der Waals surface area contributed by atoms with Crippen LogP contribution in [0, 0.1) is 0 Å². The molecule has 1 aromatic rings. The molecular weight excluding hydrogens is 354 g/mol. The number of aromatic nitrogens is 1. The first kappa shape index (κ1) is 23.6. The third-order valence-electron chi connectivity index (χ3n) is 4.64. The number of carbonyl (C=O) groups is 1. The molecular formula is C21H36N5O2-. The molecule has 0 aliphatic carbocycles. The Labute approximate surface area is 168 Å². The van der Waals surface area contributed by atoms with Crippen LogP contribution in [0.4, 0.5) is 5.82 Å². The van der Waals surface area contributed by atoms with Gasteiger partial charge in [0.2, 0.25) is 0 Å². The van der Waals surface area contributed by atoms with Crippen LogP contribution in [0.5, 0.6) is 0 Å². The van der Waals surface area contributed by atoms with Crippen molar-refractivity contribution in [3.63, 3.8) is 0 Å². The van der Waals surface area contributed by atoms with E-state index in [4.69, 9.17) is 11.5 Å². The van der Waals surface area contributed by atoms with Crippen molar-refractivity contribution in [2.75, 3.05) is 6.54 Å². The smallest absolute Gasteiger partial charge is 0.328 e. The average Bonchev–Trinajstić information content (AvgIpc) is 3.15. The van der Waals surface area contributed by atoms with E-state index in [-0.39, 0.29) is 18.5 Å². The van der Waals surface area contributed by atoms with Crippen molar-refractivity contribution >= 4 is 17.7 Å². The molecule has 0 radical (unpaired) electrons. The Morgan fingerprint density at radius 2 is 1.82 bits per heavy atom. The van der Waals surface area contributed by atoms with Crippen molar-refractivity contribution in [3.05, 3.63) is 35.3 Å². The standard InChI is InChI=1S/C21H36N5O2/c1-2-3-4-5-6-7-8-9-10-12-18(26-19-13-11-14-24-19)17(15-20(27)28)16-25-21(22)23/h11,13-15,18,24H,2-10,12,16H2,1H3,(H,27,28)(H4,22,23,25)/q-1. The minimum absolute atomic E-state index is 0.0574. The highest BCUT2D eigenvalue weighted by molar-refractivity contribution is 5.81. The number of rotatable bonds is 16. The van der Waals surface area contributed by atoms with Gasteiger partial charge in [0.05, 0.1) is 6.54 Å². The molecule has 6 N–H and O–H groups in total. The van der Waals surface area contributed by atoms with E-state index in [0.29, 0.717) is 5.57 Å². The topological polar surface area (TPSA) is 132 Å². The lowest BCUT2D eigenvalue weighted by molar-refractivity contribution is -0.131. The fourth-order valence-corrected chi connectivity index (χ4v) is 3.14. The van der Waals surface area contributed by atoms with E-state index in [1.165, 1.54) is 51.0 Å². The Balaban J connectivity index is 2.56. The van der Waals surface area contributed by atoms with Crippen LogP contribution in [0.2, 0.25) is 0 Å². The number of carboxylic acid groups (broad SMARTS) is 1. The Kier molecular flexibility index (Phi) is 12.3. The molecule has 1 atom stereocenters. The summed E-state index contributed by atoms with van der Waals surface area (Å²) in [6.45, 7) is 2.37. The molecule has 1 unspecified atom stereocenters. The van der Waals surface area contributed by atoms with E-state index in [9.17, 15) is 9.90 Å². The van der Waals surface area contributed by atoms with Crippen LogP contribution in [0.3, 0.4) is 0 Å². The molecule has 0 aliphatic heterocycles. The van der Waals surface area contributed by atoms with Crippen LogP contribution < -0.4 is 11.5 Å². The lowest BCUT2D eigenvalue weighted by atomic mass is 9.98. The highest BCUT2D eigenvalue weighted by Gasteiger charge is 2.12. The zero-order chi connectivity index (χ0) is 20.6. The number of aliphatic carboxylic acids is 1. The second-order valence-corrected chi connectivity index (χ2v) is 7.12. The molecule has 0 saturated heterocycles. The maximum Gasteiger partial charge on any atom is 0.328 e. The predicted octanol–water partition coefficient (Wildman–Crippen LogP) is 4.59. The summed E-state index contributed by atoms with van der Waals surface area (Å²) in [4.78, 5) is 18.3. The number of guanidine groups is 1. The number of nitrogens with one attached hydrogen (secondary N) is 1. The number of nitrogens with zero attached hydrogens (tertiary/aromatic N) is 2. The molecule has 0 amide bonds. The number of unbranched alkanes of at least 4 members (excludes halogenated alkanes) is 8. The van der Waals surface area contributed by atoms with Crippen LogP contribution in [0.25, 0.3) is 5.32 Å². The first-order valence-electron chi connectivity index (χ1n) is 10.4. The van der Waals surface area contributed by atoms with E-state index in [1.54, 1.807) is 6.20 Å². The third-order valence-corrected chi connectivity index (χ3v) is 4.64. The normalized spacial score (nSPS) is 12.5. The van der Waals surface area contributed by atoms with Gasteiger partial charge >= 0.3 is 5.97 Å². The summed E-state index contributed by atoms with van der Waals surface area (Å²) in [6, 6.07) is 3.47. The largest absolute Gasteiger partial charge is 0.478 e. The van der Waals surface area contributed by atoms with Gasteiger partial charge in [0, 0.05) is 6.08 Å². The molecule has 0 fully saturated rings. The fourth-order valence-electron chi connectivity index (χ4n) is 3.14. The van der Waals surface area contributed by atoms with Crippen LogP contribution >= 0.6 is 0 Å². The van der Waals surface area contributed by atoms with Crippen molar-refractivity contribution in [2.24, 2.45) is 16.5 Å². The van der Waals surface area contributed by atoms with Crippen molar-refractivity contribution in [2.45, 2.75) is 77.2 Å². The third kappa shape index (κ3) is 11.3. The molecule has 0 spiro atoms. The summed E-state index contributed by atoms with van der Waals surface area (Å²) in [7, 11) is 0. The van der Waals surface area contributed by atoms with Gasteiger partial charge in [0.25, 0.3) is 0 Å². The maximum atomic E-state index is 11.2. The molecule has 7 nitrogen and oxygen atoms in total. The average molecular weight is 391 g/mol. The van der Waals surface area contributed by atoms with Crippen molar-refractivity contribution in [1.82, 2.24) is 4.98 Å². The maximum absolute atomic E-state index is 11.2. The summed E-state index contributed by atoms with van der Waals surface area (Å²) in [5, 5.41) is 13.9. The molecule has 0 bridgehead atoms. The Morgan fingerprint density at radius 3 is 2.36 bits per heavy atom. The molecule has 1 heterocycles. The second-order valence-electron chi connectivity index (χ2n) is 7.12. The SMILES string of the molecule is CCCCCCCCCCCC([N-]c1ccc[nH]1)C(=CC(=O)O)CN=C(N)N. The lowest BCUT2D eigenvalue weighted by Gasteiger charge is -2.27. The first-order valence-corrected chi connectivity index (χ1v) is 10.4. The number of H-pyrrole nitrogens is 1. The number of nitrogens with two attached hydrogens (primary N) is 2. The monoisotopic (exact) mass is 390 g/mol. The second kappa shape index (κ2) is 14.6. The number of hydrogen-bond acceptors (Lipinski definition) is 2. The Morgan fingerprint density at radius 1 is 1.18 bits per heavy atom. The molecule has 7 heteroatoms. The lowest BCUT2D eigenvalue weighted by Crippen LogP contribution is -2.24. The zero-order valence-electron chi connectivity index (χ0n) is 17.1. The molecule has 0 saturated carbocycles. The van der Waals surface area contributed by atoms with E-state index in [2.05, 4.69) is 22.2 Å². The van der Waals surface area contributed by atoms with Crippen molar-refractivity contribution < 1.29 is 9.90 Å².